The minimum atomic E-state index is 0.330. The minimum absolute atomic E-state index is 0.330. The van der Waals surface area contributed by atoms with E-state index in [9.17, 15) is 0 Å². The van der Waals surface area contributed by atoms with E-state index >= 15 is 0 Å². The lowest BCUT2D eigenvalue weighted by molar-refractivity contribution is 1.24. The predicted octanol–water partition coefficient (Wildman–Crippen LogP) is 4.93. The first-order chi connectivity index (χ1) is 8.88. The maximum Gasteiger partial charge on any atom is 0.0915 e. The number of hydrogen-bond donors (Lipinski definition) is 0. The molecule has 3 rings (SSSR count). The summed E-state index contributed by atoms with van der Waals surface area (Å²) in [5.74, 6) is 0. The Morgan fingerprint density at radius 3 is 2.50 bits per heavy atom. The van der Waals surface area contributed by atoms with Gasteiger partial charge in [-0.3, -0.25) is 0 Å². The minimum Gasteiger partial charge on any atom is -0.244 e. The molecule has 0 saturated carbocycles. The lowest BCUT2D eigenvalue weighted by Crippen LogP contribution is -2.08. The predicted molar refractivity (Wildman–Crippen MR) is 82.1 cm³/mol. The van der Waals surface area contributed by atoms with Crippen LogP contribution in [-0.2, 0) is 0 Å². The summed E-state index contributed by atoms with van der Waals surface area (Å²) in [4.78, 5) is 6.05. The first kappa shape index (κ1) is 11.9. The summed E-state index contributed by atoms with van der Waals surface area (Å²) in [7, 11) is 0. The SMILES string of the molecule is CSC1=Nc2ccccc2SC1c1ccccc1. The molecule has 90 valence electrons. The zero-order valence-corrected chi connectivity index (χ0v) is 11.7. The van der Waals surface area contributed by atoms with Gasteiger partial charge in [0.2, 0.25) is 0 Å². The fraction of sp³-hybridized carbons (Fsp3) is 0.133. The van der Waals surface area contributed by atoms with Gasteiger partial charge in [0.25, 0.3) is 0 Å². The number of para-hydroxylation sites is 1. The molecule has 1 nitrogen and oxygen atoms in total. The summed E-state index contributed by atoms with van der Waals surface area (Å²) in [6.07, 6.45) is 2.10. The number of aliphatic imine (C=N–C) groups is 1. The highest BCUT2D eigenvalue weighted by Gasteiger charge is 2.24. The van der Waals surface area contributed by atoms with Gasteiger partial charge in [0.15, 0.2) is 0 Å². The van der Waals surface area contributed by atoms with E-state index < -0.39 is 0 Å². The Morgan fingerprint density at radius 2 is 1.72 bits per heavy atom. The molecule has 0 aromatic heterocycles. The van der Waals surface area contributed by atoms with Gasteiger partial charge in [-0.1, -0.05) is 42.5 Å². The Labute approximate surface area is 116 Å². The van der Waals surface area contributed by atoms with Crippen molar-refractivity contribution in [3.05, 3.63) is 60.2 Å². The third kappa shape index (κ3) is 2.20. The molecule has 1 unspecified atom stereocenters. The number of fused-ring (bicyclic) bond motifs is 1. The molecule has 2 aromatic rings. The van der Waals surface area contributed by atoms with Crippen LogP contribution in [0.15, 0.2) is 64.5 Å². The second-order valence-electron chi connectivity index (χ2n) is 4.03. The average Bonchev–Trinajstić information content (AvgIpc) is 2.46. The van der Waals surface area contributed by atoms with Crippen LogP contribution in [0, 0.1) is 0 Å². The standard InChI is InChI=1S/C15H13NS2/c1-17-15-14(11-7-3-2-4-8-11)18-13-10-6-5-9-12(13)16-15/h2-10,14H,1H3. The van der Waals surface area contributed by atoms with Crippen LogP contribution in [0.1, 0.15) is 10.8 Å². The van der Waals surface area contributed by atoms with Crippen molar-refractivity contribution in [2.45, 2.75) is 10.1 Å². The van der Waals surface area contributed by atoms with Gasteiger partial charge in [-0.2, -0.15) is 0 Å². The highest BCUT2D eigenvalue weighted by atomic mass is 32.2. The monoisotopic (exact) mass is 271 g/mol. The first-order valence-corrected chi connectivity index (χ1v) is 7.92. The molecule has 0 bridgehead atoms. The van der Waals surface area contributed by atoms with E-state index in [0.717, 1.165) is 5.69 Å². The maximum absolute atomic E-state index is 4.78. The number of hydrogen-bond acceptors (Lipinski definition) is 3. The fourth-order valence-corrected chi connectivity index (χ4v) is 4.06. The topological polar surface area (TPSA) is 12.4 Å². The second kappa shape index (κ2) is 5.21. The summed E-state index contributed by atoms with van der Waals surface area (Å²) in [6, 6.07) is 19.0. The molecular weight excluding hydrogens is 258 g/mol. The molecular formula is C15H13NS2. The number of rotatable bonds is 1. The maximum atomic E-state index is 4.78. The average molecular weight is 271 g/mol. The van der Waals surface area contributed by atoms with E-state index in [1.165, 1.54) is 15.5 Å². The van der Waals surface area contributed by atoms with Crippen LogP contribution >= 0.6 is 23.5 Å². The van der Waals surface area contributed by atoms with Crippen molar-refractivity contribution in [1.82, 2.24) is 0 Å². The zero-order chi connectivity index (χ0) is 12.4. The van der Waals surface area contributed by atoms with Crippen molar-refractivity contribution in [1.29, 1.82) is 0 Å². The number of thioether (sulfide) groups is 2. The highest BCUT2D eigenvalue weighted by Crippen LogP contribution is 2.47. The van der Waals surface area contributed by atoms with Gasteiger partial charge in [-0.05, 0) is 24.0 Å². The van der Waals surface area contributed by atoms with Gasteiger partial charge < -0.3 is 0 Å². The van der Waals surface area contributed by atoms with Crippen LogP contribution in [0.3, 0.4) is 0 Å². The smallest absolute Gasteiger partial charge is 0.0915 e. The second-order valence-corrected chi connectivity index (χ2v) is 6.00. The van der Waals surface area contributed by atoms with Crippen LogP contribution in [-0.4, -0.2) is 11.3 Å². The molecule has 0 radical (unpaired) electrons. The Morgan fingerprint density at radius 1 is 1.00 bits per heavy atom. The van der Waals surface area contributed by atoms with Crippen LogP contribution in [0.25, 0.3) is 0 Å². The highest BCUT2D eigenvalue weighted by molar-refractivity contribution is 8.15. The zero-order valence-electron chi connectivity index (χ0n) is 10.0. The largest absolute Gasteiger partial charge is 0.244 e. The normalized spacial score (nSPS) is 18.1. The number of nitrogens with zero attached hydrogens (tertiary/aromatic N) is 1. The van der Waals surface area contributed by atoms with Crippen LogP contribution in [0.5, 0.6) is 0 Å². The van der Waals surface area contributed by atoms with Crippen molar-refractivity contribution in [3.63, 3.8) is 0 Å². The van der Waals surface area contributed by atoms with Crippen molar-refractivity contribution in [3.8, 4) is 0 Å². The third-order valence-electron chi connectivity index (χ3n) is 2.88. The Bertz CT molecular complexity index is 578. The van der Waals surface area contributed by atoms with Crippen molar-refractivity contribution < 1.29 is 0 Å². The van der Waals surface area contributed by atoms with E-state index in [1.54, 1.807) is 11.8 Å². The van der Waals surface area contributed by atoms with Gasteiger partial charge >= 0.3 is 0 Å². The summed E-state index contributed by atoms with van der Waals surface area (Å²) in [5, 5.41) is 1.51. The van der Waals surface area contributed by atoms with Crippen molar-refractivity contribution in [2.24, 2.45) is 4.99 Å². The lowest BCUT2D eigenvalue weighted by atomic mass is 10.1. The van der Waals surface area contributed by atoms with Gasteiger partial charge in [-0.15, -0.1) is 23.5 Å². The molecule has 1 atom stereocenters. The Kier molecular flexibility index (Phi) is 3.43. The molecule has 2 aromatic carbocycles. The summed E-state index contributed by atoms with van der Waals surface area (Å²) >= 11 is 3.63. The first-order valence-electron chi connectivity index (χ1n) is 5.81. The summed E-state index contributed by atoms with van der Waals surface area (Å²) in [6.45, 7) is 0. The molecule has 0 N–H and O–H groups in total. The molecule has 18 heavy (non-hydrogen) atoms. The van der Waals surface area contributed by atoms with Crippen molar-refractivity contribution >= 4 is 34.3 Å². The van der Waals surface area contributed by atoms with Gasteiger partial charge in [0.05, 0.1) is 16.0 Å². The summed E-state index contributed by atoms with van der Waals surface area (Å²) < 4.78 is 0. The molecule has 1 aliphatic heterocycles. The Balaban J connectivity index is 2.04. The molecule has 0 amide bonds. The van der Waals surface area contributed by atoms with Crippen molar-refractivity contribution in [2.75, 3.05) is 6.26 Å². The fourth-order valence-electron chi connectivity index (χ4n) is 2.00. The molecule has 1 aliphatic rings. The van der Waals surface area contributed by atoms with E-state index in [2.05, 4.69) is 54.8 Å². The van der Waals surface area contributed by atoms with Gasteiger partial charge in [0.1, 0.15) is 0 Å². The van der Waals surface area contributed by atoms with Gasteiger partial charge in [-0.25, -0.2) is 4.99 Å². The molecule has 0 aliphatic carbocycles. The van der Waals surface area contributed by atoms with Crippen LogP contribution < -0.4 is 0 Å². The molecule has 0 fully saturated rings. The quantitative estimate of drug-likeness (QED) is 0.729. The molecule has 3 heteroatoms. The van der Waals surface area contributed by atoms with E-state index in [1.807, 2.05) is 17.8 Å². The van der Waals surface area contributed by atoms with E-state index in [-0.39, 0.29) is 0 Å². The molecule has 0 saturated heterocycles. The molecule has 0 spiro atoms. The Hall–Kier alpha value is -1.19. The summed E-state index contributed by atoms with van der Waals surface area (Å²) in [5.41, 5.74) is 2.42. The van der Waals surface area contributed by atoms with E-state index in [0.29, 0.717) is 5.25 Å². The van der Waals surface area contributed by atoms with Crippen LogP contribution in [0.2, 0.25) is 0 Å². The lowest BCUT2D eigenvalue weighted by Gasteiger charge is -2.23. The molecule has 1 heterocycles. The third-order valence-corrected chi connectivity index (χ3v) is 5.10. The van der Waals surface area contributed by atoms with Gasteiger partial charge in [0, 0.05) is 4.90 Å². The number of benzene rings is 2. The van der Waals surface area contributed by atoms with E-state index in [4.69, 9.17) is 4.99 Å². The van der Waals surface area contributed by atoms with Crippen LogP contribution in [0.4, 0.5) is 5.69 Å².